The highest BCUT2D eigenvalue weighted by Crippen LogP contribution is 2.47. The molecule has 1 aliphatic heterocycles. The van der Waals surface area contributed by atoms with Crippen LogP contribution in [-0.2, 0) is 4.79 Å². The molecule has 0 amide bonds. The normalized spacial score (nSPS) is 17.2. The number of ether oxygens (including phenoxy) is 3. The van der Waals surface area contributed by atoms with E-state index < -0.39 is 0 Å². The number of carbonyl (C=O) groups is 1. The fraction of sp³-hybridized carbons (Fsp3) is 0.231. The lowest BCUT2D eigenvalue weighted by atomic mass is 9.78. The summed E-state index contributed by atoms with van der Waals surface area (Å²) in [4.78, 5) is 22.6. The number of nitrogens with zero attached hydrogens (tertiary/aromatic N) is 4. The van der Waals surface area contributed by atoms with Crippen molar-refractivity contribution in [3.63, 3.8) is 0 Å². The van der Waals surface area contributed by atoms with Gasteiger partial charge in [0.2, 0.25) is 5.88 Å². The van der Waals surface area contributed by atoms with E-state index in [2.05, 4.69) is 10.1 Å². The maximum Gasteiger partial charge on any atom is 0.228 e. The first-order valence-electron chi connectivity index (χ1n) is 11.1. The van der Waals surface area contributed by atoms with E-state index in [4.69, 9.17) is 19.2 Å². The third kappa shape index (κ3) is 3.14. The standard InChI is InChI=1S/C26H22N4O4/c1-32-16-12-10-15(11-13-16)21-22-18(31)7-5-9-20(22)34-26-23(21)25-28-24(29-30(25)14-27-26)17-6-3-4-8-19(17)33-2/h3-4,6,8,10-14,21H,5,7,9H2,1-2H3/t21-/m1/s1. The van der Waals surface area contributed by atoms with Crippen molar-refractivity contribution in [3.05, 3.63) is 77.3 Å². The lowest BCUT2D eigenvalue weighted by molar-refractivity contribution is -0.116. The second-order valence-corrected chi connectivity index (χ2v) is 8.29. The minimum Gasteiger partial charge on any atom is -0.497 e. The number of ketones is 1. The largest absolute Gasteiger partial charge is 0.497 e. The summed E-state index contributed by atoms with van der Waals surface area (Å²) in [6.07, 6.45) is 3.58. The molecule has 0 bridgehead atoms. The van der Waals surface area contributed by atoms with Gasteiger partial charge in [0.15, 0.2) is 17.3 Å². The third-order valence-corrected chi connectivity index (χ3v) is 6.39. The number of fused-ring (bicyclic) bond motifs is 3. The summed E-state index contributed by atoms with van der Waals surface area (Å²) in [5, 5.41) is 4.66. The van der Waals surface area contributed by atoms with E-state index in [9.17, 15) is 4.79 Å². The van der Waals surface area contributed by atoms with Gasteiger partial charge in [-0.2, -0.15) is 0 Å². The van der Waals surface area contributed by atoms with Crippen molar-refractivity contribution < 1.29 is 19.0 Å². The highest BCUT2D eigenvalue weighted by Gasteiger charge is 2.39. The molecular formula is C26H22N4O4. The van der Waals surface area contributed by atoms with Crippen LogP contribution in [0.5, 0.6) is 17.4 Å². The Hall–Kier alpha value is -4.20. The van der Waals surface area contributed by atoms with Gasteiger partial charge in [-0.1, -0.05) is 24.3 Å². The van der Waals surface area contributed by atoms with E-state index in [1.165, 1.54) is 0 Å². The van der Waals surface area contributed by atoms with Crippen molar-refractivity contribution in [2.75, 3.05) is 14.2 Å². The third-order valence-electron chi connectivity index (χ3n) is 6.39. The summed E-state index contributed by atoms with van der Waals surface area (Å²) in [5.74, 6) is 2.83. The Morgan fingerprint density at radius 2 is 1.85 bits per heavy atom. The van der Waals surface area contributed by atoms with E-state index in [1.54, 1.807) is 25.1 Å². The smallest absolute Gasteiger partial charge is 0.228 e. The molecule has 6 rings (SSSR count). The Morgan fingerprint density at radius 1 is 1.03 bits per heavy atom. The Bertz CT molecular complexity index is 1460. The molecule has 0 saturated carbocycles. The predicted octanol–water partition coefficient (Wildman–Crippen LogP) is 4.34. The molecule has 0 saturated heterocycles. The van der Waals surface area contributed by atoms with Crippen LogP contribution in [-0.4, -0.2) is 39.6 Å². The van der Waals surface area contributed by atoms with Crippen molar-refractivity contribution in [1.29, 1.82) is 0 Å². The number of allylic oxidation sites excluding steroid dienone is 2. The molecule has 0 unspecified atom stereocenters. The maximum atomic E-state index is 13.1. The number of para-hydroxylation sites is 1. The van der Waals surface area contributed by atoms with Crippen molar-refractivity contribution >= 4 is 11.4 Å². The number of carbonyl (C=O) groups excluding carboxylic acids is 1. The first-order chi connectivity index (χ1) is 16.7. The maximum absolute atomic E-state index is 13.1. The number of aromatic nitrogens is 4. The van der Waals surface area contributed by atoms with Gasteiger partial charge < -0.3 is 14.2 Å². The summed E-state index contributed by atoms with van der Waals surface area (Å²) in [7, 11) is 3.25. The van der Waals surface area contributed by atoms with Crippen molar-refractivity contribution in [2.24, 2.45) is 0 Å². The lowest BCUT2D eigenvalue weighted by Gasteiger charge is -2.32. The molecule has 1 aliphatic carbocycles. The quantitative estimate of drug-likeness (QED) is 0.453. The van der Waals surface area contributed by atoms with Gasteiger partial charge in [0.05, 0.1) is 25.3 Å². The molecular weight excluding hydrogens is 432 g/mol. The number of rotatable bonds is 4. The zero-order valence-corrected chi connectivity index (χ0v) is 18.8. The number of hydrogen-bond donors (Lipinski definition) is 0. The number of benzene rings is 2. The first kappa shape index (κ1) is 20.4. The van der Waals surface area contributed by atoms with Crippen LogP contribution < -0.4 is 14.2 Å². The molecule has 170 valence electrons. The number of methoxy groups -OCH3 is 2. The molecule has 2 aromatic carbocycles. The molecule has 0 radical (unpaired) electrons. The summed E-state index contributed by atoms with van der Waals surface area (Å²) in [6, 6.07) is 15.4. The van der Waals surface area contributed by atoms with Crippen LogP contribution in [0.25, 0.3) is 17.0 Å². The van der Waals surface area contributed by atoms with Crippen molar-refractivity contribution in [1.82, 2.24) is 19.6 Å². The van der Waals surface area contributed by atoms with Gasteiger partial charge in [-0.3, -0.25) is 4.79 Å². The molecule has 0 N–H and O–H groups in total. The van der Waals surface area contributed by atoms with Crippen LogP contribution in [0, 0.1) is 0 Å². The minimum atomic E-state index is -0.358. The summed E-state index contributed by atoms with van der Waals surface area (Å²) >= 11 is 0. The summed E-state index contributed by atoms with van der Waals surface area (Å²) in [6.45, 7) is 0. The predicted molar refractivity (Wildman–Crippen MR) is 124 cm³/mol. The van der Waals surface area contributed by atoms with Gasteiger partial charge in [0.1, 0.15) is 23.6 Å². The van der Waals surface area contributed by atoms with Crippen LogP contribution in [0.1, 0.15) is 36.3 Å². The number of Topliss-reactive ketones (excluding diaryl/α,β-unsaturated/α-hetero) is 1. The van der Waals surface area contributed by atoms with Gasteiger partial charge in [0.25, 0.3) is 0 Å². The molecule has 4 aromatic rings. The highest BCUT2D eigenvalue weighted by atomic mass is 16.5. The number of hydrogen-bond acceptors (Lipinski definition) is 7. The topological polar surface area (TPSA) is 87.8 Å². The second-order valence-electron chi connectivity index (χ2n) is 8.29. The van der Waals surface area contributed by atoms with E-state index in [0.29, 0.717) is 47.3 Å². The van der Waals surface area contributed by atoms with Crippen molar-refractivity contribution in [3.8, 4) is 28.8 Å². The molecule has 0 fully saturated rings. The minimum absolute atomic E-state index is 0.0965. The average Bonchev–Trinajstić information content (AvgIpc) is 3.32. The molecule has 3 heterocycles. The van der Waals surface area contributed by atoms with E-state index in [-0.39, 0.29) is 11.7 Å². The Kier molecular flexibility index (Phi) is 4.79. The molecule has 0 spiro atoms. The van der Waals surface area contributed by atoms with Gasteiger partial charge in [0, 0.05) is 24.3 Å². The fourth-order valence-electron chi connectivity index (χ4n) is 4.79. The van der Waals surface area contributed by atoms with Crippen LogP contribution in [0.3, 0.4) is 0 Å². The SMILES string of the molecule is COc1ccc([C@@H]2C3=C(CCCC3=O)Oc3ncn4nc(-c5ccccc5OC)nc4c32)cc1. The monoisotopic (exact) mass is 454 g/mol. The molecule has 2 aliphatic rings. The van der Waals surface area contributed by atoms with Gasteiger partial charge in [-0.15, -0.1) is 5.10 Å². The van der Waals surface area contributed by atoms with Crippen LogP contribution in [0.2, 0.25) is 0 Å². The Morgan fingerprint density at radius 3 is 2.65 bits per heavy atom. The van der Waals surface area contributed by atoms with Crippen LogP contribution in [0.15, 0.2) is 66.2 Å². The van der Waals surface area contributed by atoms with E-state index in [0.717, 1.165) is 28.9 Å². The summed E-state index contributed by atoms with van der Waals surface area (Å²) in [5.41, 5.74) is 3.73. The summed E-state index contributed by atoms with van der Waals surface area (Å²) < 4.78 is 18.7. The zero-order valence-electron chi connectivity index (χ0n) is 18.8. The second kappa shape index (κ2) is 7.98. The van der Waals surface area contributed by atoms with E-state index in [1.807, 2.05) is 48.5 Å². The molecule has 1 atom stereocenters. The van der Waals surface area contributed by atoms with Gasteiger partial charge in [-0.05, 0) is 36.2 Å². The Labute approximate surface area is 195 Å². The van der Waals surface area contributed by atoms with E-state index >= 15 is 0 Å². The van der Waals surface area contributed by atoms with Crippen molar-refractivity contribution in [2.45, 2.75) is 25.2 Å². The average molecular weight is 454 g/mol. The van der Waals surface area contributed by atoms with Gasteiger partial charge in [-0.25, -0.2) is 14.5 Å². The Balaban J connectivity index is 1.59. The molecule has 8 nitrogen and oxygen atoms in total. The first-order valence-corrected chi connectivity index (χ1v) is 11.1. The van der Waals surface area contributed by atoms with Crippen LogP contribution in [0.4, 0.5) is 0 Å². The molecule has 2 aromatic heterocycles. The lowest BCUT2D eigenvalue weighted by Crippen LogP contribution is -2.26. The highest BCUT2D eigenvalue weighted by molar-refractivity contribution is 6.00. The zero-order chi connectivity index (χ0) is 23.2. The molecule has 34 heavy (non-hydrogen) atoms. The fourth-order valence-corrected chi connectivity index (χ4v) is 4.79. The molecule has 8 heteroatoms. The van der Waals surface area contributed by atoms with Crippen LogP contribution >= 0.6 is 0 Å². The van der Waals surface area contributed by atoms with Gasteiger partial charge >= 0.3 is 0 Å².